The van der Waals surface area contributed by atoms with Gasteiger partial charge in [0.1, 0.15) is 17.6 Å². The summed E-state index contributed by atoms with van der Waals surface area (Å²) in [4.78, 5) is 32.2. The van der Waals surface area contributed by atoms with Gasteiger partial charge < -0.3 is 9.84 Å². The van der Waals surface area contributed by atoms with Crippen LogP contribution in [-0.4, -0.2) is 28.9 Å². The number of carbonyl (C=O) groups excluding carboxylic acids is 2. The predicted octanol–water partition coefficient (Wildman–Crippen LogP) is 4.09. The number of anilines is 1. The molecule has 6 nitrogen and oxygen atoms in total. The van der Waals surface area contributed by atoms with E-state index in [4.69, 9.17) is 4.74 Å². The molecule has 4 rings (SSSR count). The molecule has 0 bridgehead atoms. The van der Waals surface area contributed by atoms with E-state index in [1.165, 1.54) is 28.6 Å². The SMILES string of the molecule is COc1ccc(N2C(=O)C(=O)/C(=C(\O)c3ccncc3)C2c2sccc2C)cc1. The minimum Gasteiger partial charge on any atom is -0.507 e. The molecule has 0 saturated carbocycles. The average Bonchev–Trinajstić information content (AvgIpc) is 3.29. The summed E-state index contributed by atoms with van der Waals surface area (Å²) < 4.78 is 5.19. The number of ether oxygens (including phenoxy) is 1. The maximum Gasteiger partial charge on any atom is 0.300 e. The number of nitrogens with zero attached hydrogens (tertiary/aromatic N) is 2. The van der Waals surface area contributed by atoms with Crippen molar-refractivity contribution < 1.29 is 19.4 Å². The lowest BCUT2D eigenvalue weighted by atomic mass is 9.98. The molecule has 1 fully saturated rings. The third-order valence-corrected chi connectivity index (χ3v) is 5.97. The topological polar surface area (TPSA) is 79.7 Å². The number of amides is 1. The van der Waals surface area contributed by atoms with E-state index in [1.54, 1.807) is 43.5 Å². The predicted molar refractivity (Wildman–Crippen MR) is 111 cm³/mol. The minimum atomic E-state index is -0.715. The Balaban J connectivity index is 1.92. The van der Waals surface area contributed by atoms with Crippen molar-refractivity contribution in [3.63, 3.8) is 0 Å². The van der Waals surface area contributed by atoms with Gasteiger partial charge in [-0.1, -0.05) is 0 Å². The first-order valence-electron chi connectivity index (χ1n) is 8.92. The van der Waals surface area contributed by atoms with Crippen LogP contribution < -0.4 is 9.64 Å². The number of benzene rings is 1. The Kier molecular flexibility index (Phi) is 4.90. The van der Waals surface area contributed by atoms with Crippen molar-refractivity contribution in [3.05, 3.63) is 81.8 Å². The van der Waals surface area contributed by atoms with Gasteiger partial charge in [0.15, 0.2) is 0 Å². The Labute approximate surface area is 171 Å². The summed E-state index contributed by atoms with van der Waals surface area (Å²) in [5.74, 6) is -0.956. The second-order valence-electron chi connectivity index (χ2n) is 6.57. The smallest absolute Gasteiger partial charge is 0.300 e. The van der Waals surface area contributed by atoms with E-state index in [2.05, 4.69) is 4.98 Å². The molecular weight excluding hydrogens is 388 g/mol. The average molecular weight is 406 g/mol. The number of aromatic nitrogens is 1. The summed E-state index contributed by atoms with van der Waals surface area (Å²) in [6.45, 7) is 1.92. The highest BCUT2D eigenvalue weighted by Gasteiger charge is 2.47. The zero-order valence-electron chi connectivity index (χ0n) is 15.8. The molecule has 3 aromatic rings. The number of Topliss-reactive ketones (excluding diaryl/α,β-unsaturated/α-hetero) is 1. The van der Waals surface area contributed by atoms with Crippen molar-refractivity contribution in [1.29, 1.82) is 0 Å². The lowest BCUT2D eigenvalue weighted by Crippen LogP contribution is -2.29. The number of aliphatic hydroxyl groups is 1. The number of carbonyl (C=O) groups is 2. The van der Waals surface area contributed by atoms with Crippen LogP contribution in [0.5, 0.6) is 5.75 Å². The molecule has 7 heteroatoms. The molecule has 29 heavy (non-hydrogen) atoms. The maximum atomic E-state index is 13.0. The summed E-state index contributed by atoms with van der Waals surface area (Å²) in [5.41, 5.74) is 2.01. The zero-order valence-corrected chi connectivity index (χ0v) is 16.6. The van der Waals surface area contributed by atoms with Crippen LogP contribution in [-0.2, 0) is 9.59 Å². The van der Waals surface area contributed by atoms with Crippen LogP contribution in [0.4, 0.5) is 5.69 Å². The molecule has 1 atom stereocenters. The molecule has 1 unspecified atom stereocenters. The standard InChI is InChI=1S/C22H18N2O4S/c1-13-9-12-29-21(13)18-17(19(25)14-7-10-23-11-8-14)20(26)22(27)24(18)15-3-5-16(28-2)6-4-15/h3-12,18,25H,1-2H3/b19-17-. The summed E-state index contributed by atoms with van der Waals surface area (Å²) in [6, 6.07) is 11.4. The summed E-state index contributed by atoms with van der Waals surface area (Å²) in [5, 5.41) is 12.9. The number of pyridine rings is 1. The lowest BCUT2D eigenvalue weighted by Gasteiger charge is -2.25. The van der Waals surface area contributed by atoms with E-state index in [-0.39, 0.29) is 11.3 Å². The highest BCUT2D eigenvalue weighted by molar-refractivity contribution is 7.10. The van der Waals surface area contributed by atoms with Crippen molar-refractivity contribution >= 4 is 34.5 Å². The van der Waals surface area contributed by atoms with E-state index >= 15 is 0 Å². The third kappa shape index (κ3) is 3.19. The fraction of sp³-hybridized carbons (Fsp3) is 0.136. The van der Waals surface area contributed by atoms with Crippen LogP contribution in [0, 0.1) is 6.92 Å². The van der Waals surface area contributed by atoms with Gasteiger partial charge >= 0.3 is 0 Å². The molecule has 1 aliphatic rings. The van der Waals surface area contributed by atoms with Crippen LogP contribution in [0.15, 0.2) is 65.8 Å². The minimum absolute atomic E-state index is 0.0718. The Morgan fingerprint density at radius 2 is 1.79 bits per heavy atom. The first kappa shape index (κ1) is 18.9. The quantitative estimate of drug-likeness (QED) is 0.401. The van der Waals surface area contributed by atoms with Crippen molar-refractivity contribution in [3.8, 4) is 5.75 Å². The number of hydrogen-bond donors (Lipinski definition) is 1. The molecule has 0 spiro atoms. The van der Waals surface area contributed by atoms with Gasteiger partial charge in [0.05, 0.1) is 12.7 Å². The number of aliphatic hydroxyl groups excluding tert-OH is 1. The van der Waals surface area contributed by atoms with Crippen LogP contribution in [0.3, 0.4) is 0 Å². The fourth-order valence-corrected chi connectivity index (χ4v) is 4.44. The molecule has 1 amide bonds. The van der Waals surface area contributed by atoms with Crippen LogP contribution in [0.2, 0.25) is 0 Å². The zero-order chi connectivity index (χ0) is 20.5. The van der Waals surface area contributed by atoms with E-state index < -0.39 is 17.7 Å². The van der Waals surface area contributed by atoms with Gasteiger partial charge in [-0.05, 0) is 60.3 Å². The maximum absolute atomic E-state index is 13.0. The molecule has 0 aliphatic carbocycles. The molecule has 146 valence electrons. The van der Waals surface area contributed by atoms with E-state index in [9.17, 15) is 14.7 Å². The highest BCUT2D eigenvalue weighted by atomic mass is 32.1. The Morgan fingerprint density at radius 3 is 2.38 bits per heavy atom. The largest absolute Gasteiger partial charge is 0.507 e. The van der Waals surface area contributed by atoms with Gasteiger partial charge in [0.2, 0.25) is 0 Å². The van der Waals surface area contributed by atoms with E-state index in [0.29, 0.717) is 17.0 Å². The Hall–Kier alpha value is -3.45. The van der Waals surface area contributed by atoms with Crippen LogP contribution in [0.1, 0.15) is 22.0 Å². The molecule has 2 aromatic heterocycles. The van der Waals surface area contributed by atoms with Crippen molar-refractivity contribution in [2.75, 3.05) is 12.0 Å². The number of aryl methyl sites for hydroxylation is 1. The molecule has 0 radical (unpaired) electrons. The Bertz CT molecular complexity index is 1100. The van der Waals surface area contributed by atoms with Gasteiger partial charge in [-0.3, -0.25) is 19.5 Å². The molecule has 1 N–H and O–H groups in total. The van der Waals surface area contributed by atoms with E-state index in [1.807, 2.05) is 18.4 Å². The monoisotopic (exact) mass is 406 g/mol. The highest BCUT2D eigenvalue weighted by Crippen LogP contribution is 2.44. The molecular formula is C22H18N2O4S. The summed E-state index contributed by atoms with van der Waals surface area (Å²) in [7, 11) is 1.56. The second-order valence-corrected chi connectivity index (χ2v) is 7.52. The molecule has 1 aliphatic heterocycles. The normalized spacial score (nSPS) is 18.3. The number of thiophene rings is 1. The number of ketones is 1. The molecule has 1 saturated heterocycles. The van der Waals surface area contributed by atoms with Gasteiger partial charge in [-0.15, -0.1) is 11.3 Å². The van der Waals surface area contributed by atoms with Crippen LogP contribution >= 0.6 is 11.3 Å². The lowest BCUT2D eigenvalue weighted by molar-refractivity contribution is -0.132. The van der Waals surface area contributed by atoms with Crippen molar-refractivity contribution in [2.45, 2.75) is 13.0 Å². The second kappa shape index (κ2) is 7.52. The van der Waals surface area contributed by atoms with Gasteiger partial charge in [-0.25, -0.2) is 0 Å². The number of methoxy groups -OCH3 is 1. The molecule has 1 aromatic carbocycles. The summed E-state index contributed by atoms with van der Waals surface area (Å²) >= 11 is 1.44. The first-order valence-corrected chi connectivity index (χ1v) is 9.80. The van der Waals surface area contributed by atoms with Crippen molar-refractivity contribution in [1.82, 2.24) is 4.98 Å². The summed E-state index contributed by atoms with van der Waals surface area (Å²) in [6.07, 6.45) is 3.06. The van der Waals surface area contributed by atoms with Gasteiger partial charge in [0, 0.05) is 28.5 Å². The van der Waals surface area contributed by atoms with Gasteiger partial charge in [-0.2, -0.15) is 0 Å². The van der Waals surface area contributed by atoms with Crippen LogP contribution in [0.25, 0.3) is 5.76 Å². The molecule has 3 heterocycles. The number of rotatable bonds is 4. The number of hydrogen-bond acceptors (Lipinski definition) is 6. The fourth-order valence-electron chi connectivity index (χ4n) is 3.42. The first-order chi connectivity index (χ1) is 14.0. The van der Waals surface area contributed by atoms with Gasteiger partial charge in [0.25, 0.3) is 11.7 Å². The van der Waals surface area contributed by atoms with Crippen molar-refractivity contribution in [2.24, 2.45) is 0 Å². The third-order valence-electron chi connectivity index (χ3n) is 4.90. The van der Waals surface area contributed by atoms with E-state index in [0.717, 1.165) is 10.4 Å². The Morgan fingerprint density at radius 1 is 1.10 bits per heavy atom.